The molecule has 6 heavy (non-hydrogen) atoms. The van der Waals surface area contributed by atoms with Crippen LogP contribution in [-0.2, 0) is 0 Å². The van der Waals surface area contributed by atoms with Crippen LogP contribution in [0.25, 0.3) is 0 Å². The summed E-state index contributed by atoms with van der Waals surface area (Å²) in [6, 6.07) is 0. The predicted octanol–water partition coefficient (Wildman–Crippen LogP) is 1.61. The first kappa shape index (κ1) is 9.69. The minimum absolute atomic E-state index is 0. The van der Waals surface area contributed by atoms with Crippen LogP contribution in [0, 0.1) is 12.3 Å². The minimum atomic E-state index is 0. The summed E-state index contributed by atoms with van der Waals surface area (Å²) >= 11 is 0. The van der Waals surface area contributed by atoms with E-state index in [4.69, 9.17) is 5.41 Å². The van der Waals surface area contributed by atoms with Crippen LogP contribution in [0.5, 0.6) is 0 Å². The Morgan fingerprint density at radius 3 is 2.33 bits per heavy atom. The SMILES string of the molecule is [CH2]CCC=N.[HH].[HH].[HH].[Sn]. The van der Waals surface area contributed by atoms with E-state index in [2.05, 4.69) is 6.92 Å². The first-order chi connectivity index (χ1) is 2.41. The van der Waals surface area contributed by atoms with E-state index in [1.54, 1.807) is 0 Å². The van der Waals surface area contributed by atoms with Gasteiger partial charge in [-0.3, -0.25) is 0 Å². The van der Waals surface area contributed by atoms with Crippen LogP contribution >= 0.6 is 0 Å². The van der Waals surface area contributed by atoms with Crippen molar-refractivity contribution < 1.29 is 4.28 Å². The summed E-state index contributed by atoms with van der Waals surface area (Å²) in [5.41, 5.74) is 0. The second kappa shape index (κ2) is 9.08. The van der Waals surface area contributed by atoms with Gasteiger partial charge in [-0.1, -0.05) is 6.92 Å². The van der Waals surface area contributed by atoms with E-state index in [-0.39, 0.29) is 28.2 Å². The van der Waals surface area contributed by atoms with Crippen LogP contribution in [0.3, 0.4) is 0 Å². The molecule has 0 unspecified atom stereocenters. The van der Waals surface area contributed by atoms with E-state index >= 15 is 0 Å². The fraction of sp³-hybridized carbons (Fsp3) is 0.500. The molecule has 39 valence electrons. The second-order valence-electron chi connectivity index (χ2n) is 0.846. The molecule has 0 atom stereocenters. The zero-order chi connectivity index (χ0) is 4.12. The van der Waals surface area contributed by atoms with Gasteiger partial charge in [-0.05, 0) is 19.1 Å². The Hall–Kier alpha value is 0.469. The first-order valence-electron chi connectivity index (χ1n) is 1.70. The van der Waals surface area contributed by atoms with Crippen molar-refractivity contribution in [2.45, 2.75) is 12.8 Å². The molecular formula is C4H14NSn. The molecule has 2 heteroatoms. The summed E-state index contributed by atoms with van der Waals surface area (Å²) in [7, 11) is 0. The molecule has 0 aromatic carbocycles. The van der Waals surface area contributed by atoms with Crippen LogP contribution < -0.4 is 0 Å². The number of unbranched alkanes of at least 4 members (excludes halogenated alkanes) is 1. The molecule has 0 spiro atoms. The molecule has 5 radical (unpaired) electrons. The van der Waals surface area contributed by atoms with E-state index in [1.165, 1.54) is 6.21 Å². The Labute approximate surface area is 60.1 Å². The van der Waals surface area contributed by atoms with Crippen LogP contribution in [0.15, 0.2) is 0 Å². The number of hydrogen-bond donors (Lipinski definition) is 1. The maximum Gasteiger partial charge on any atom is 0 e. The molecule has 0 heterocycles. The first-order valence-corrected chi connectivity index (χ1v) is 1.70. The van der Waals surface area contributed by atoms with Crippen molar-refractivity contribution in [2.75, 3.05) is 0 Å². The smallest absolute Gasteiger partial charge is 0 e. The Morgan fingerprint density at radius 1 is 1.83 bits per heavy atom. The maximum atomic E-state index is 6.44. The molecule has 0 amide bonds. The predicted molar refractivity (Wildman–Crippen MR) is 35.5 cm³/mol. The Kier molecular flexibility index (Phi) is 14.7. The average Bonchev–Trinajstić information content (AvgIpc) is 1.41. The molecule has 1 nitrogen and oxygen atoms in total. The molecule has 0 bridgehead atoms. The summed E-state index contributed by atoms with van der Waals surface area (Å²) < 4.78 is 0. The fourth-order valence-electron chi connectivity index (χ4n) is 0.102. The molecule has 0 aromatic heterocycles. The van der Waals surface area contributed by atoms with Crippen LogP contribution in [0.4, 0.5) is 0 Å². The van der Waals surface area contributed by atoms with Gasteiger partial charge in [-0.15, -0.1) is 0 Å². The van der Waals surface area contributed by atoms with Crippen molar-refractivity contribution in [2.24, 2.45) is 0 Å². The van der Waals surface area contributed by atoms with E-state index < -0.39 is 0 Å². The van der Waals surface area contributed by atoms with Crippen molar-refractivity contribution in [1.82, 2.24) is 0 Å². The molecule has 1 N–H and O–H groups in total. The van der Waals surface area contributed by atoms with Crippen molar-refractivity contribution in [3.05, 3.63) is 6.92 Å². The summed E-state index contributed by atoms with van der Waals surface area (Å²) in [6.07, 6.45) is 3.04. The number of rotatable bonds is 2. The third kappa shape index (κ3) is 8.82. The van der Waals surface area contributed by atoms with Crippen molar-refractivity contribution >= 4 is 30.1 Å². The fourth-order valence-corrected chi connectivity index (χ4v) is 0.102. The van der Waals surface area contributed by atoms with Gasteiger partial charge < -0.3 is 5.41 Å². The van der Waals surface area contributed by atoms with Gasteiger partial charge in [0.25, 0.3) is 0 Å². The maximum absolute atomic E-state index is 6.44. The molecule has 0 aromatic rings. The third-order valence-electron chi connectivity index (χ3n) is 0.348. The van der Waals surface area contributed by atoms with Gasteiger partial charge >= 0.3 is 0 Å². The standard InChI is InChI=1S/C4H8N.Sn.3H2/c1-2-3-4-5;;;;/h4-5H,1-3H2;;3*1H. The van der Waals surface area contributed by atoms with Crippen LogP contribution in [0.2, 0.25) is 0 Å². The topological polar surface area (TPSA) is 23.9 Å². The molecular weight excluding hydrogens is 181 g/mol. The van der Waals surface area contributed by atoms with Gasteiger partial charge in [0.05, 0.1) is 0 Å². The van der Waals surface area contributed by atoms with Crippen molar-refractivity contribution in [3.63, 3.8) is 0 Å². The molecule has 0 rings (SSSR count). The monoisotopic (exact) mass is 196 g/mol. The summed E-state index contributed by atoms with van der Waals surface area (Å²) in [5.74, 6) is 0. The minimum Gasteiger partial charge on any atom is -0.313 e. The zero-order valence-electron chi connectivity index (χ0n) is 3.70. The average molecular weight is 195 g/mol. The Morgan fingerprint density at radius 2 is 2.33 bits per heavy atom. The van der Waals surface area contributed by atoms with Crippen molar-refractivity contribution in [1.29, 1.82) is 5.41 Å². The largest absolute Gasteiger partial charge is 0.313 e. The number of hydrogen-bond acceptors (Lipinski definition) is 1. The van der Waals surface area contributed by atoms with Gasteiger partial charge in [0.1, 0.15) is 0 Å². The Balaban J connectivity index is -0.0000000133. The van der Waals surface area contributed by atoms with Crippen molar-refractivity contribution in [3.8, 4) is 0 Å². The third-order valence-corrected chi connectivity index (χ3v) is 0.348. The molecule has 0 aliphatic rings. The van der Waals surface area contributed by atoms with E-state index in [1.807, 2.05) is 0 Å². The Bertz CT molecular complexity index is 37.0. The van der Waals surface area contributed by atoms with E-state index in [0.717, 1.165) is 12.8 Å². The van der Waals surface area contributed by atoms with Gasteiger partial charge in [-0.2, -0.15) is 0 Å². The van der Waals surface area contributed by atoms with Crippen LogP contribution in [-0.4, -0.2) is 30.1 Å². The molecule has 0 saturated heterocycles. The number of nitrogens with one attached hydrogen (secondary N) is 1. The van der Waals surface area contributed by atoms with Gasteiger partial charge in [0.15, 0.2) is 0 Å². The summed E-state index contributed by atoms with van der Waals surface area (Å²) in [4.78, 5) is 0. The normalized spacial score (nSPS) is 6.17. The molecule has 0 fully saturated rings. The van der Waals surface area contributed by atoms with E-state index in [0.29, 0.717) is 0 Å². The van der Waals surface area contributed by atoms with Gasteiger partial charge in [0, 0.05) is 28.2 Å². The molecule has 0 aliphatic heterocycles. The summed E-state index contributed by atoms with van der Waals surface area (Å²) in [5, 5.41) is 6.44. The summed E-state index contributed by atoms with van der Waals surface area (Å²) in [6.45, 7) is 3.52. The zero-order valence-corrected chi connectivity index (χ0v) is 6.55. The van der Waals surface area contributed by atoms with Gasteiger partial charge in [0.2, 0.25) is 0 Å². The second-order valence-corrected chi connectivity index (χ2v) is 0.846. The van der Waals surface area contributed by atoms with E-state index in [9.17, 15) is 0 Å². The molecule has 0 saturated carbocycles. The van der Waals surface area contributed by atoms with Gasteiger partial charge in [-0.25, -0.2) is 0 Å². The quantitative estimate of drug-likeness (QED) is 0.511. The van der Waals surface area contributed by atoms with Crippen LogP contribution in [0.1, 0.15) is 17.1 Å². The molecule has 0 aliphatic carbocycles.